The topological polar surface area (TPSA) is 17.1 Å². The van der Waals surface area contributed by atoms with Crippen LogP contribution >= 0.6 is 8.46 Å². The molecule has 0 spiro atoms. The van der Waals surface area contributed by atoms with Crippen LogP contribution < -0.4 is 5.30 Å². The Hall–Kier alpha value is -0.940. The van der Waals surface area contributed by atoms with Gasteiger partial charge in [-0.2, -0.15) is 0 Å². The normalized spacial score (nSPS) is 12.8. The summed E-state index contributed by atoms with van der Waals surface area (Å²) in [6.45, 7) is 0. The molecule has 48 valence electrons. The fourth-order valence-electron chi connectivity index (χ4n) is 1.02. The van der Waals surface area contributed by atoms with Crippen molar-refractivity contribution in [1.82, 2.24) is 0 Å². The summed E-state index contributed by atoms with van der Waals surface area (Å²) in [6.07, 6.45) is 4.08. The van der Waals surface area contributed by atoms with Gasteiger partial charge in [0.1, 0.15) is 0 Å². The maximum atomic E-state index is 10.4. The van der Waals surface area contributed by atoms with Gasteiger partial charge in [0.05, 0.1) is 0 Å². The van der Waals surface area contributed by atoms with Crippen molar-refractivity contribution in [3.8, 4) is 0 Å². The summed E-state index contributed by atoms with van der Waals surface area (Å²) < 4.78 is 10.4. The van der Waals surface area contributed by atoms with E-state index in [0.29, 0.717) is 0 Å². The van der Waals surface area contributed by atoms with Crippen molar-refractivity contribution >= 4 is 25.9 Å². The lowest BCUT2D eigenvalue weighted by atomic mass is 9.98. The van der Waals surface area contributed by atoms with Gasteiger partial charge in [-0.25, -0.2) is 0 Å². The molecule has 0 fully saturated rings. The molecule has 1 aliphatic carbocycles. The minimum absolute atomic E-state index is 0.327. The predicted molar refractivity (Wildman–Crippen MR) is 44.0 cm³/mol. The third-order valence-electron chi connectivity index (χ3n) is 1.65. The number of rotatable bonds is 1. The Bertz CT molecular complexity index is 314. The molecule has 1 aromatic rings. The Morgan fingerprint density at radius 1 is 1.10 bits per heavy atom. The molecular formula is C8H6OP+. The first kappa shape index (κ1) is 5.82. The van der Waals surface area contributed by atoms with Crippen molar-refractivity contribution in [2.75, 3.05) is 0 Å². The van der Waals surface area contributed by atoms with Crippen molar-refractivity contribution in [1.29, 1.82) is 0 Å². The van der Waals surface area contributed by atoms with E-state index in [-0.39, 0.29) is 8.46 Å². The fraction of sp³-hybridized carbons (Fsp3) is 0. The summed E-state index contributed by atoms with van der Waals surface area (Å²) in [6, 6.07) is 5.85. The zero-order chi connectivity index (χ0) is 6.97. The molecule has 10 heavy (non-hydrogen) atoms. The number of hydrogen-bond acceptors (Lipinski definition) is 1. The average molecular weight is 149 g/mol. The Balaban J connectivity index is 2.56. The van der Waals surface area contributed by atoms with Gasteiger partial charge in [-0.15, -0.1) is 0 Å². The van der Waals surface area contributed by atoms with E-state index in [0.717, 1.165) is 5.30 Å². The monoisotopic (exact) mass is 149 g/mol. The van der Waals surface area contributed by atoms with Gasteiger partial charge in [0, 0.05) is 0 Å². The summed E-state index contributed by atoms with van der Waals surface area (Å²) >= 11 is 0. The maximum absolute atomic E-state index is 10.4. The van der Waals surface area contributed by atoms with Crippen molar-refractivity contribution in [2.24, 2.45) is 0 Å². The second-order valence-electron chi connectivity index (χ2n) is 2.28. The van der Waals surface area contributed by atoms with E-state index in [1.54, 1.807) is 0 Å². The molecule has 1 unspecified atom stereocenters. The summed E-state index contributed by atoms with van der Waals surface area (Å²) in [5.41, 5.74) is 2.46. The molecule has 0 heterocycles. The highest BCUT2D eigenvalue weighted by atomic mass is 31.1. The fourth-order valence-corrected chi connectivity index (χ4v) is 1.38. The Morgan fingerprint density at radius 3 is 2.40 bits per heavy atom. The molecule has 0 radical (unpaired) electrons. The minimum atomic E-state index is -0.327. The number of benzene rings is 1. The second-order valence-corrected chi connectivity index (χ2v) is 3.06. The first-order chi connectivity index (χ1) is 4.90. The summed E-state index contributed by atoms with van der Waals surface area (Å²) in [4.78, 5) is 0. The molecule has 2 heteroatoms. The van der Waals surface area contributed by atoms with E-state index in [4.69, 9.17) is 0 Å². The highest BCUT2D eigenvalue weighted by Gasteiger charge is 2.08. The lowest BCUT2D eigenvalue weighted by molar-refractivity contribution is 0.603. The van der Waals surface area contributed by atoms with Crippen molar-refractivity contribution < 1.29 is 4.57 Å². The Labute approximate surface area is 60.6 Å². The van der Waals surface area contributed by atoms with Crippen LogP contribution in [0.2, 0.25) is 0 Å². The number of fused-ring (bicyclic) bond motifs is 1. The molecule has 1 atom stereocenters. The van der Waals surface area contributed by atoms with E-state index >= 15 is 0 Å². The van der Waals surface area contributed by atoms with Gasteiger partial charge in [-0.1, -0.05) is 16.7 Å². The third-order valence-corrected chi connectivity index (χ3v) is 2.19. The van der Waals surface area contributed by atoms with Crippen LogP contribution in [0.15, 0.2) is 18.2 Å². The van der Waals surface area contributed by atoms with Crippen LogP contribution in [0.25, 0.3) is 12.2 Å². The van der Waals surface area contributed by atoms with Crippen LogP contribution in [0.3, 0.4) is 0 Å². The molecule has 0 N–H and O–H groups in total. The van der Waals surface area contributed by atoms with Crippen molar-refractivity contribution in [2.45, 2.75) is 0 Å². The van der Waals surface area contributed by atoms with Gasteiger partial charge in [0.25, 0.3) is 0 Å². The largest absolute Gasteiger partial charge is 0.363 e. The quantitative estimate of drug-likeness (QED) is 0.565. The van der Waals surface area contributed by atoms with E-state index in [9.17, 15) is 4.57 Å². The Morgan fingerprint density at radius 2 is 1.90 bits per heavy atom. The average Bonchev–Trinajstić information content (AvgIpc) is 1.92. The van der Waals surface area contributed by atoms with Crippen LogP contribution in [-0.2, 0) is 4.57 Å². The van der Waals surface area contributed by atoms with E-state index in [2.05, 4.69) is 0 Å². The zero-order valence-electron chi connectivity index (χ0n) is 5.29. The van der Waals surface area contributed by atoms with Gasteiger partial charge in [0.2, 0.25) is 0 Å². The zero-order valence-corrected chi connectivity index (χ0v) is 6.29. The maximum Gasteiger partial charge on any atom is 0.363 e. The first-order valence-corrected chi connectivity index (χ1v) is 4.01. The summed E-state index contributed by atoms with van der Waals surface area (Å²) in [7, 11) is -0.327. The van der Waals surface area contributed by atoms with Crippen LogP contribution in [0.1, 0.15) is 11.1 Å². The molecule has 0 amide bonds. The van der Waals surface area contributed by atoms with E-state index < -0.39 is 0 Å². The molecule has 0 saturated carbocycles. The highest BCUT2D eigenvalue weighted by Crippen LogP contribution is 2.22. The van der Waals surface area contributed by atoms with Crippen LogP contribution in [0.4, 0.5) is 0 Å². The molecule has 2 rings (SSSR count). The van der Waals surface area contributed by atoms with Crippen molar-refractivity contribution in [3.05, 3.63) is 29.3 Å². The standard InChI is InChI=1S/C8H5OP/c9-10-8-4-3-6-1-2-7(6)5-8/h1-5H/p+1. The molecule has 1 aromatic carbocycles. The number of hydrogen-bond donors (Lipinski definition) is 0. The van der Waals surface area contributed by atoms with E-state index in [1.165, 1.54) is 11.1 Å². The highest BCUT2D eigenvalue weighted by molar-refractivity contribution is 7.34. The molecule has 1 nitrogen and oxygen atoms in total. The van der Waals surface area contributed by atoms with E-state index in [1.807, 2.05) is 30.4 Å². The molecule has 0 aromatic heterocycles. The van der Waals surface area contributed by atoms with Crippen LogP contribution in [0, 0.1) is 0 Å². The molecule has 0 bridgehead atoms. The van der Waals surface area contributed by atoms with Gasteiger partial charge >= 0.3 is 8.46 Å². The summed E-state index contributed by atoms with van der Waals surface area (Å²) in [5.74, 6) is 0. The van der Waals surface area contributed by atoms with Crippen LogP contribution in [0.5, 0.6) is 0 Å². The lowest BCUT2D eigenvalue weighted by Gasteiger charge is -2.06. The van der Waals surface area contributed by atoms with Gasteiger partial charge in [-0.3, -0.25) is 0 Å². The smallest absolute Gasteiger partial charge is 0.0707 e. The van der Waals surface area contributed by atoms with Gasteiger partial charge in [0.15, 0.2) is 5.30 Å². The second kappa shape index (κ2) is 2.03. The predicted octanol–water partition coefficient (Wildman–Crippen LogP) is 1.82. The van der Waals surface area contributed by atoms with Gasteiger partial charge < -0.3 is 0 Å². The van der Waals surface area contributed by atoms with Crippen molar-refractivity contribution in [3.63, 3.8) is 0 Å². The third kappa shape index (κ3) is 0.714. The van der Waals surface area contributed by atoms with Crippen LogP contribution in [-0.4, -0.2) is 0 Å². The molecular weight excluding hydrogens is 143 g/mol. The Kier molecular flexibility index (Phi) is 1.18. The molecule has 0 aliphatic heterocycles. The lowest BCUT2D eigenvalue weighted by Crippen LogP contribution is -1.97. The first-order valence-electron chi connectivity index (χ1n) is 3.10. The molecule has 0 saturated heterocycles. The van der Waals surface area contributed by atoms with Gasteiger partial charge in [-0.05, 0) is 29.3 Å². The molecule has 1 aliphatic rings. The SMILES string of the molecule is O=[PH+]c1ccc2c(c1)C=C2. The summed E-state index contributed by atoms with van der Waals surface area (Å²) in [5, 5.41) is 0.906. The minimum Gasteiger partial charge on any atom is -0.0707 e.